The molecule has 6 rings (SSSR count). The number of rotatable bonds is 6. The molecule has 1 atom stereocenters. The molecule has 0 radical (unpaired) electrons. The van der Waals surface area contributed by atoms with Crippen LogP contribution in [0.3, 0.4) is 0 Å². The molecule has 5 aromatic rings. The van der Waals surface area contributed by atoms with Gasteiger partial charge in [-0.05, 0) is 102 Å². The molecule has 0 fully saturated rings. The molecule has 3 heterocycles. The van der Waals surface area contributed by atoms with Crippen LogP contribution in [-0.4, -0.2) is 43.1 Å². The Morgan fingerprint density at radius 2 is 1.60 bits per heavy atom. The number of imide groups is 1. The van der Waals surface area contributed by atoms with Gasteiger partial charge in [-0.1, -0.05) is 48.5 Å². The van der Waals surface area contributed by atoms with Gasteiger partial charge in [0.2, 0.25) is 0 Å². The van der Waals surface area contributed by atoms with Gasteiger partial charge in [0, 0.05) is 29.9 Å². The van der Waals surface area contributed by atoms with E-state index in [0.29, 0.717) is 17.8 Å². The average molecular weight is 677 g/mol. The molecule has 50 heavy (non-hydrogen) atoms. The summed E-state index contributed by atoms with van der Waals surface area (Å²) in [5.74, 6) is 1.45. The van der Waals surface area contributed by atoms with E-state index in [-0.39, 0.29) is 5.82 Å². The van der Waals surface area contributed by atoms with E-state index in [9.17, 15) is 9.59 Å². The zero-order valence-electron chi connectivity index (χ0n) is 30.1. The quantitative estimate of drug-likeness (QED) is 0.188. The summed E-state index contributed by atoms with van der Waals surface area (Å²) >= 11 is 0. The maximum atomic E-state index is 13.4. The lowest BCUT2D eigenvalue weighted by molar-refractivity contribution is -0.00793. The van der Waals surface area contributed by atoms with Crippen molar-refractivity contribution in [3.05, 3.63) is 102 Å². The Morgan fingerprint density at radius 3 is 2.26 bits per heavy atom. The smallest absolute Gasteiger partial charge is 0.425 e. The van der Waals surface area contributed by atoms with E-state index < -0.39 is 35.0 Å². The third-order valence-electron chi connectivity index (χ3n) is 8.21. The van der Waals surface area contributed by atoms with Gasteiger partial charge >= 0.3 is 12.2 Å². The number of anilines is 2. The minimum absolute atomic E-state index is 0.107. The molecule has 11 heteroatoms. The van der Waals surface area contributed by atoms with Crippen molar-refractivity contribution in [3.63, 3.8) is 0 Å². The highest BCUT2D eigenvalue weighted by Gasteiger charge is 2.35. The Labute approximate surface area is 292 Å². The monoisotopic (exact) mass is 676 g/mol. The van der Waals surface area contributed by atoms with E-state index in [1.54, 1.807) is 52.4 Å². The van der Waals surface area contributed by atoms with E-state index in [1.165, 1.54) is 0 Å². The van der Waals surface area contributed by atoms with Crippen molar-refractivity contribution < 1.29 is 23.8 Å². The summed E-state index contributed by atoms with van der Waals surface area (Å²) in [4.78, 5) is 37.2. The minimum atomic E-state index is -0.881. The van der Waals surface area contributed by atoms with Crippen LogP contribution in [0.15, 0.2) is 79.0 Å². The fourth-order valence-electron chi connectivity index (χ4n) is 5.91. The summed E-state index contributed by atoms with van der Waals surface area (Å²) in [6.07, 6.45) is -0.207. The van der Waals surface area contributed by atoms with Crippen molar-refractivity contribution in [2.24, 2.45) is 7.05 Å². The van der Waals surface area contributed by atoms with Gasteiger partial charge in [0.1, 0.15) is 17.2 Å². The van der Waals surface area contributed by atoms with Gasteiger partial charge in [0.05, 0.1) is 12.2 Å². The highest BCUT2D eigenvalue weighted by Crippen LogP contribution is 2.39. The number of carbonyl (C=O) groups is 2. The Bertz CT molecular complexity index is 2030. The first-order valence-electron chi connectivity index (χ1n) is 16.6. The number of amides is 2. The number of hydrogen-bond donors (Lipinski definition) is 1. The van der Waals surface area contributed by atoms with Crippen molar-refractivity contribution in [2.45, 2.75) is 84.8 Å². The highest BCUT2D eigenvalue weighted by atomic mass is 16.6. The summed E-state index contributed by atoms with van der Waals surface area (Å²) < 4.78 is 19.1. The number of nitrogens with one attached hydrogen (secondary N) is 1. The van der Waals surface area contributed by atoms with Gasteiger partial charge in [-0.15, -0.1) is 0 Å². The molecule has 0 saturated carbocycles. The number of aromatic nitrogens is 4. The van der Waals surface area contributed by atoms with Crippen LogP contribution in [0, 0.1) is 0 Å². The number of aryl methyl sites for hydroxylation is 1. The largest absolute Gasteiger partial charge is 0.443 e. The van der Waals surface area contributed by atoms with Crippen molar-refractivity contribution in [1.82, 2.24) is 19.7 Å². The van der Waals surface area contributed by atoms with E-state index in [2.05, 4.69) is 42.3 Å². The first-order valence-corrected chi connectivity index (χ1v) is 16.6. The summed E-state index contributed by atoms with van der Waals surface area (Å²) in [6.45, 7) is 15.1. The predicted octanol–water partition coefficient (Wildman–Crippen LogP) is 8.67. The number of ether oxygens (including phenoxy) is 3. The summed E-state index contributed by atoms with van der Waals surface area (Å²) in [5.41, 5.74) is 2.85. The van der Waals surface area contributed by atoms with Crippen LogP contribution in [-0.2, 0) is 33.5 Å². The normalized spacial score (nSPS) is 14.6. The number of hydrogen-bond acceptors (Lipinski definition) is 9. The lowest BCUT2D eigenvalue weighted by Gasteiger charge is -2.28. The fourth-order valence-corrected chi connectivity index (χ4v) is 5.91. The van der Waals surface area contributed by atoms with Crippen LogP contribution >= 0.6 is 0 Å². The van der Waals surface area contributed by atoms with Gasteiger partial charge < -0.3 is 19.5 Å². The number of carbonyl (C=O) groups excluding carboxylic acids is 2. The van der Waals surface area contributed by atoms with Crippen LogP contribution in [0.4, 0.5) is 21.1 Å². The molecule has 0 bridgehead atoms. The lowest BCUT2D eigenvalue weighted by Crippen LogP contribution is -2.44. The van der Waals surface area contributed by atoms with Crippen LogP contribution in [0.2, 0.25) is 0 Å². The van der Waals surface area contributed by atoms with Gasteiger partial charge in [-0.2, -0.15) is 10.00 Å². The maximum Gasteiger partial charge on any atom is 0.425 e. The number of nitrogens with zero attached hydrogens (tertiary/aromatic N) is 5. The fraction of sp³-hybridized carbons (Fsp3) is 0.359. The van der Waals surface area contributed by atoms with E-state index in [1.807, 2.05) is 61.6 Å². The molecular formula is C39H44N6O5. The van der Waals surface area contributed by atoms with Crippen molar-refractivity contribution in [1.29, 1.82) is 0 Å². The Hall–Kier alpha value is -5.29. The molecule has 1 unspecified atom stereocenters. The Morgan fingerprint density at radius 1 is 0.920 bits per heavy atom. The second kappa shape index (κ2) is 12.9. The molecule has 11 nitrogen and oxygen atoms in total. The number of fused-ring (bicyclic) bond motifs is 2. The van der Waals surface area contributed by atoms with Crippen LogP contribution in [0.1, 0.15) is 83.9 Å². The second-order valence-corrected chi connectivity index (χ2v) is 14.9. The molecule has 1 N–H and O–H groups in total. The topological polar surface area (TPSA) is 121 Å². The summed E-state index contributed by atoms with van der Waals surface area (Å²) in [5, 5.41) is 9.78. The molecular weight excluding hydrogens is 632 g/mol. The van der Waals surface area contributed by atoms with Gasteiger partial charge in [0.15, 0.2) is 17.5 Å². The van der Waals surface area contributed by atoms with E-state index >= 15 is 0 Å². The van der Waals surface area contributed by atoms with Crippen LogP contribution in [0.5, 0.6) is 0 Å². The highest BCUT2D eigenvalue weighted by molar-refractivity contribution is 6.14. The van der Waals surface area contributed by atoms with Crippen molar-refractivity contribution in [3.8, 4) is 11.4 Å². The molecule has 260 valence electrons. The van der Waals surface area contributed by atoms with Crippen molar-refractivity contribution >= 4 is 34.5 Å². The molecule has 0 spiro atoms. The lowest BCUT2D eigenvalue weighted by atomic mass is 9.92. The first kappa shape index (κ1) is 34.6. The molecule has 2 amide bonds. The first-order chi connectivity index (χ1) is 23.5. The minimum Gasteiger partial charge on any atom is -0.443 e. The summed E-state index contributed by atoms with van der Waals surface area (Å²) in [7, 11) is 1.89. The van der Waals surface area contributed by atoms with Gasteiger partial charge in [-0.25, -0.2) is 19.6 Å². The molecule has 0 aliphatic carbocycles. The van der Waals surface area contributed by atoms with E-state index in [4.69, 9.17) is 24.3 Å². The van der Waals surface area contributed by atoms with E-state index in [0.717, 1.165) is 44.1 Å². The summed E-state index contributed by atoms with van der Waals surface area (Å²) in [6, 6.07) is 23.4. The Balaban J connectivity index is 1.42. The molecule has 0 saturated heterocycles. The molecule has 1 aliphatic rings. The zero-order chi connectivity index (χ0) is 36.0. The molecule has 1 aliphatic heterocycles. The van der Waals surface area contributed by atoms with Gasteiger partial charge in [-0.3, -0.25) is 4.68 Å². The maximum absolute atomic E-state index is 13.4. The van der Waals surface area contributed by atoms with Crippen molar-refractivity contribution in [2.75, 3.05) is 10.2 Å². The molecule has 3 aromatic carbocycles. The average Bonchev–Trinajstić information content (AvgIpc) is 3.56. The third-order valence-corrected chi connectivity index (χ3v) is 8.21. The molecule has 2 aromatic heterocycles. The SMILES string of the molecule is Cn1nc(-c2ccccc2)nc1C(Nc1ccc2c(N(C(=O)OC(C)(C)C)C(=O)OC(C)(C)C)nccc2c1)c1ccc2c(c1)C(C)(C)OC2. The predicted molar refractivity (Wildman–Crippen MR) is 193 cm³/mol. The van der Waals surface area contributed by atoms with Crippen LogP contribution < -0.4 is 10.2 Å². The van der Waals surface area contributed by atoms with Gasteiger partial charge in [0.25, 0.3) is 0 Å². The standard InChI is InChI=1S/C39H44N6O5/c1-37(2,3)49-35(46)45(36(47)50-38(4,5)6)33-29-18-17-28(21-25(29)19-20-40-33)41-31(26-15-16-27-23-48-39(7,8)30(27)22-26)34-42-32(43-44(34)9)24-13-11-10-12-14-24/h10-22,31,41H,23H2,1-9H3. The van der Waals surface area contributed by atoms with Crippen LogP contribution in [0.25, 0.3) is 22.2 Å². The zero-order valence-corrected chi connectivity index (χ0v) is 30.1. The third kappa shape index (κ3) is 7.33. The number of pyridine rings is 1. The number of benzene rings is 3. The Kier molecular flexibility index (Phi) is 8.90. The second-order valence-electron chi connectivity index (χ2n) is 14.9.